The zero-order valence-electron chi connectivity index (χ0n) is 8.77. The molecule has 0 heterocycles. The molecule has 1 aromatic rings. The molecule has 0 atom stereocenters. The van der Waals surface area contributed by atoms with Crippen molar-refractivity contribution in [3.05, 3.63) is 48.0 Å². The van der Waals surface area contributed by atoms with Crippen LogP contribution in [0.2, 0.25) is 0 Å². The molecule has 1 N–H and O–H groups in total. The maximum Gasteiger partial charge on any atom is 0.407 e. The van der Waals surface area contributed by atoms with E-state index in [0.29, 0.717) is 0 Å². The van der Waals surface area contributed by atoms with Crippen molar-refractivity contribution >= 4 is 6.09 Å². The van der Waals surface area contributed by atoms with Gasteiger partial charge in [0.05, 0.1) is 12.6 Å². The third-order valence-electron chi connectivity index (χ3n) is 1.82. The van der Waals surface area contributed by atoms with Crippen molar-refractivity contribution in [2.24, 2.45) is 0 Å². The number of benzene rings is 1. The molecule has 0 saturated carbocycles. The topological polar surface area (TPSA) is 62.1 Å². The van der Waals surface area contributed by atoms with Crippen LogP contribution in [0.1, 0.15) is 5.56 Å². The number of carbonyl (C=O) groups is 1. The van der Waals surface area contributed by atoms with Crippen LogP contribution < -0.4 is 5.32 Å². The lowest BCUT2D eigenvalue weighted by atomic mass is 10.2. The highest BCUT2D eigenvalue weighted by molar-refractivity contribution is 5.67. The van der Waals surface area contributed by atoms with Gasteiger partial charge in [-0.25, -0.2) is 4.79 Å². The summed E-state index contributed by atoms with van der Waals surface area (Å²) >= 11 is 0. The Morgan fingerprint density at radius 1 is 1.44 bits per heavy atom. The van der Waals surface area contributed by atoms with Gasteiger partial charge in [0.25, 0.3) is 0 Å². The van der Waals surface area contributed by atoms with Crippen LogP contribution in [0.15, 0.2) is 42.5 Å². The molecule has 4 heteroatoms. The molecule has 4 nitrogen and oxygen atoms in total. The van der Waals surface area contributed by atoms with E-state index >= 15 is 0 Å². The molecule has 0 fully saturated rings. The summed E-state index contributed by atoms with van der Waals surface area (Å²) in [4.78, 5) is 11.2. The predicted molar refractivity (Wildman–Crippen MR) is 59.4 cm³/mol. The Balaban J connectivity index is 2.26. The first-order valence-corrected chi connectivity index (χ1v) is 4.75. The Hall–Kier alpha value is -2.28. The van der Waals surface area contributed by atoms with E-state index in [-0.39, 0.29) is 18.7 Å². The summed E-state index contributed by atoms with van der Waals surface area (Å²) in [5.41, 5.74) is 1.20. The molecule has 1 aromatic carbocycles. The lowest BCUT2D eigenvalue weighted by Crippen LogP contribution is -2.25. The first-order chi connectivity index (χ1) is 7.72. The zero-order valence-corrected chi connectivity index (χ0v) is 8.77. The minimum Gasteiger partial charge on any atom is -0.445 e. The molecule has 0 aliphatic rings. The number of hydrogen-bond acceptors (Lipinski definition) is 3. The van der Waals surface area contributed by atoms with E-state index in [4.69, 9.17) is 10.00 Å². The van der Waals surface area contributed by atoms with Crippen LogP contribution in [0.5, 0.6) is 0 Å². The van der Waals surface area contributed by atoms with E-state index in [9.17, 15) is 4.79 Å². The SMILES string of the molecule is C=C(C#N)CNC(=O)OCc1ccccc1. The minimum atomic E-state index is -0.555. The third kappa shape index (κ3) is 4.29. The summed E-state index contributed by atoms with van der Waals surface area (Å²) in [5.74, 6) is 0. The minimum absolute atomic E-state index is 0.115. The Morgan fingerprint density at radius 3 is 2.75 bits per heavy atom. The molecule has 1 amide bonds. The molecule has 0 bridgehead atoms. The second-order valence-corrected chi connectivity index (χ2v) is 3.13. The van der Waals surface area contributed by atoms with Crippen LogP contribution >= 0.6 is 0 Å². The predicted octanol–water partition coefficient (Wildman–Crippen LogP) is 1.99. The quantitative estimate of drug-likeness (QED) is 0.783. The fourth-order valence-corrected chi connectivity index (χ4v) is 0.993. The van der Waals surface area contributed by atoms with E-state index in [1.54, 1.807) is 0 Å². The van der Waals surface area contributed by atoms with Crippen LogP contribution in [-0.4, -0.2) is 12.6 Å². The second-order valence-electron chi connectivity index (χ2n) is 3.13. The van der Waals surface area contributed by atoms with E-state index in [0.717, 1.165) is 5.56 Å². The smallest absolute Gasteiger partial charge is 0.407 e. The molecular weight excluding hydrogens is 204 g/mol. The molecule has 0 aliphatic carbocycles. The van der Waals surface area contributed by atoms with Crippen LogP contribution in [0.4, 0.5) is 4.79 Å². The largest absolute Gasteiger partial charge is 0.445 e. The van der Waals surface area contributed by atoms with Gasteiger partial charge in [-0.05, 0) is 5.56 Å². The second kappa shape index (κ2) is 6.25. The number of amides is 1. The Labute approximate surface area is 94.1 Å². The van der Waals surface area contributed by atoms with Crippen molar-refractivity contribution in [2.45, 2.75) is 6.61 Å². The third-order valence-corrected chi connectivity index (χ3v) is 1.82. The number of alkyl carbamates (subject to hydrolysis) is 1. The van der Waals surface area contributed by atoms with E-state index in [2.05, 4.69) is 11.9 Å². The van der Waals surface area contributed by atoms with Crippen LogP contribution in [0, 0.1) is 11.3 Å². The van der Waals surface area contributed by atoms with Gasteiger partial charge in [-0.15, -0.1) is 0 Å². The molecule has 0 saturated heterocycles. The van der Waals surface area contributed by atoms with Crippen molar-refractivity contribution in [1.29, 1.82) is 5.26 Å². The molecular formula is C12H12N2O2. The van der Waals surface area contributed by atoms with Gasteiger partial charge in [0, 0.05) is 5.57 Å². The van der Waals surface area contributed by atoms with Gasteiger partial charge in [0.15, 0.2) is 0 Å². The molecule has 0 radical (unpaired) electrons. The van der Waals surface area contributed by atoms with Gasteiger partial charge < -0.3 is 10.1 Å². The zero-order chi connectivity index (χ0) is 11.8. The van der Waals surface area contributed by atoms with Gasteiger partial charge in [-0.3, -0.25) is 0 Å². The summed E-state index contributed by atoms with van der Waals surface area (Å²) in [6.45, 7) is 3.76. The number of nitrogens with one attached hydrogen (secondary N) is 1. The summed E-state index contributed by atoms with van der Waals surface area (Å²) in [6.07, 6.45) is -0.555. The number of hydrogen-bond donors (Lipinski definition) is 1. The molecule has 0 spiro atoms. The Bertz CT molecular complexity index is 407. The van der Waals surface area contributed by atoms with Gasteiger partial charge in [0.2, 0.25) is 0 Å². The molecule has 82 valence electrons. The molecule has 0 unspecified atom stereocenters. The average molecular weight is 216 g/mol. The highest BCUT2D eigenvalue weighted by Crippen LogP contribution is 2.00. The molecule has 1 rings (SSSR count). The van der Waals surface area contributed by atoms with Crippen molar-refractivity contribution in [3.8, 4) is 6.07 Å². The van der Waals surface area contributed by atoms with Crippen molar-refractivity contribution in [2.75, 3.05) is 6.54 Å². The number of nitriles is 1. The monoisotopic (exact) mass is 216 g/mol. The average Bonchev–Trinajstić information content (AvgIpc) is 2.34. The lowest BCUT2D eigenvalue weighted by Gasteiger charge is -2.05. The maximum atomic E-state index is 11.2. The highest BCUT2D eigenvalue weighted by Gasteiger charge is 2.02. The standard InChI is InChI=1S/C12H12N2O2/c1-10(7-13)8-14-12(15)16-9-11-5-3-2-4-6-11/h2-6H,1,8-9H2,(H,14,15). The van der Waals surface area contributed by atoms with Crippen molar-refractivity contribution in [1.82, 2.24) is 5.32 Å². The van der Waals surface area contributed by atoms with E-state index in [1.807, 2.05) is 36.4 Å². The lowest BCUT2D eigenvalue weighted by molar-refractivity contribution is 0.140. The van der Waals surface area contributed by atoms with Crippen molar-refractivity contribution < 1.29 is 9.53 Å². The van der Waals surface area contributed by atoms with Crippen LogP contribution in [-0.2, 0) is 11.3 Å². The number of nitrogens with zero attached hydrogens (tertiary/aromatic N) is 1. The Morgan fingerprint density at radius 2 is 2.12 bits per heavy atom. The van der Waals surface area contributed by atoms with Crippen LogP contribution in [0.3, 0.4) is 0 Å². The molecule has 0 aromatic heterocycles. The van der Waals surface area contributed by atoms with Gasteiger partial charge in [-0.2, -0.15) is 5.26 Å². The van der Waals surface area contributed by atoms with Crippen molar-refractivity contribution in [3.63, 3.8) is 0 Å². The molecule has 0 aliphatic heterocycles. The fraction of sp³-hybridized carbons (Fsp3) is 0.167. The summed E-state index contributed by atoms with van der Waals surface area (Å²) in [5, 5.41) is 10.8. The van der Waals surface area contributed by atoms with Gasteiger partial charge in [-0.1, -0.05) is 36.9 Å². The van der Waals surface area contributed by atoms with Crippen LogP contribution in [0.25, 0.3) is 0 Å². The van der Waals surface area contributed by atoms with Gasteiger partial charge in [0.1, 0.15) is 6.61 Å². The summed E-state index contributed by atoms with van der Waals surface area (Å²) < 4.78 is 4.92. The number of rotatable bonds is 4. The maximum absolute atomic E-state index is 11.2. The van der Waals surface area contributed by atoms with E-state index in [1.165, 1.54) is 0 Å². The normalized spacial score (nSPS) is 8.94. The first kappa shape index (κ1) is 11.8. The number of carbonyl (C=O) groups excluding carboxylic acids is 1. The highest BCUT2D eigenvalue weighted by atomic mass is 16.5. The molecule has 16 heavy (non-hydrogen) atoms. The Kier molecular flexibility index (Phi) is 4.61. The fourth-order valence-electron chi connectivity index (χ4n) is 0.993. The summed E-state index contributed by atoms with van der Waals surface area (Å²) in [6, 6.07) is 11.2. The summed E-state index contributed by atoms with van der Waals surface area (Å²) in [7, 11) is 0. The first-order valence-electron chi connectivity index (χ1n) is 4.75. The van der Waals surface area contributed by atoms with E-state index < -0.39 is 6.09 Å². The van der Waals surface area contributed by atoms with Gasteiger partial charge >= 0.3 is 6.09 Å². The number of ether oxygens (including phenoxy) is 1.